The Morgan fingerprint density at radius 3 is 2.83 bits per heavy atom. The highest BCUT2D eigenvalue weighted by atomic mass is 35.5. The second-order valence-corrected chi connectivity index (χ2v) is 4.27. The molecule has 0 aliphatic heterocycles. The minimum atomic E-state index is -0.440. The van der Waals surface area contributed by atoms with Crippen molar-refractivity contribution in [3.05, 3.63) is 50.9 Å². The summed E-state index contributed by atoms with van der Waals surface area (Å²) in [6, 6.07) is 6.80. The molecule has 4 nitrogen and oxygen atoms in total. The van der Waals surface area contributed by atoms with Crippen LogP contribution in [0.2, 0.25) is 10.0 Å². The zero-order chi connectivity index (χ0) is 13.1. The third-order valence-electron chi connectivity index (χ3n) is 2.24. The molecule has 0 saturated carbocycles. The van der Waals surface area contributed by atoms with Crippen molar-refractivity contribution in [1.29, 1.82) is 0 Å². The highest BCUT2D eigenvalue weighted by molar-refractivity contribution is 6.31. The van der Waals surface area contributed by atoms with Crippen molar-refractivity contribution >= 4 is 23.2 Å². The predicted molar refractivity (Wildman–Crippen MR) is 71.0 cm³/mol. The summed E-state index contributed by atoms with van der Waals surface area (Å²) in [6.07, 6.45) is 1.41. The summed E-state index contributed by atoms with van der Waals surface area (Å²) in [5.41, 5.74) is 0.113. The van der Waals surface area contributed by atoms with Crippen LogP contribution in [0, 0.1) is 0 Å². The van der Waals surface area contributed by atoms with E-state index in [-0.39, 0.29) is 10.8 Å². The summed E-state index contributed by atoms with van der Waals surface area (Å²) in [6.45, 7) is 2.22. The van der Waals surface area contributed by atoms with Gasteiger partial charge in [0.25, 0.3) is 5.56 Å². The van der Waals surface area contributed by atoms with Crippen LogP contribution >= 0.6 is 23.2 Å². The van der Waals surface area contributed by atoms with E-state index in [4.69, 9.17) is 27.9 Å². The Morgan fingerprint density at radius 2 is 2.17 bits per heavy atom. The van der Waals surface area contributed by atoms with E-state index in [1.54, 1.807) is 31.2 Å². The van der Waals surface area contributed by atoms with Gasteiger partial charge in [-0.3, -0.25) is 4.79 Å². The maximum absolute atomic E-state index is 12.0. The van der Waals surface area contributed by atoms with Crippen molar-refractivity contribution in [1.82, 2.24) is 9.78 Å². The number of aromatic nitrogens is 2. The molecule has 18 heavy (non-hydrogen) atoms. The first-order chi connectivity index (χ1) is 8.63. The summed E-state index contributed by atoms with van der Waals surface area (Å²) in [4.78, 5) is 12.0. The van der Waals surface area contributed by atoms with Crippen molar-refractivity contribution in [3.63, 3.8) is 0 Å². The Labute approximate surface area is 114 Å². The highest BCUT2D eigenvalue weighted by Crippen LogP contribution is 2.20. The first-order valence-electron chi connectivity index (χ1n) is 5.30. The molecule has 6 heteroatoms. The molecule has 0 fully saturated rings. The standard InChI is InChI=1S/C12H10Cl2N2O2/c1-2-18-10-7-15-16(12(17)11(10)14)9-5-3-4-8(13)6-9/h3-7H,2H2,1H3. The summed E-state index contributed by atoms with van der Waals surface area (Å²) in [5.74, 6) is 0.280. The van der Waals surface area contributed by atoms with Crippen LogP contribution in [0.4, 0.5) is 0 Å². The van der Waals surface area contributed by atoms with Gasteiger partial charge >= 0.3 is 0 Å². The van der Waals surface area contributed by atoms with Crippen LogP contribution in [0.5, 0.6) is 5.75 Å². The molecule has 0 aliphatic carbocycles. The zero-order valence-corrected chi connectivity index (χ0v) is 11.1. The van der Waals surface area contributed by atoms with Gasteiger partial charge in [-0.25, -0.2) is 0 Å². The molecule has 0 saturated heterocycles. The van der Waals surface area contributed by atoms with Gasteiger partial charge in [-0.1, -0.05) is 29.3 Å². The fourth-order valence-electron chi connectivity index (χ4n) is 1.47. The third-order valence-corrected chi connectivity index (χ3v) is 2.82. The van der Waals surface area contributed by atoms with Gasteiger partial charge in [0.05, 0.1) is 18.5 Å². The van der Waals surface area contributed by atoms with Crippen LogP contribution in [-0.2, 0) is 0 Å². The van der Waals surface area contributed by atoms with Crippen molar-refractivity contribution < 1.29 is 4.74 Å². The van der Waals surface area contributed by atoms with Gasteiger partial charge < -0.3 is 4.74 Å². The van der Waals surface area contributed by atoms with E-state index in [2.05, 4.69) is 5.10 Å². The van der Waals surface area contributed by atoms with E-state index in [9.17, 15) is 4.79 Å². The molecule has 0 bridgehead atoms. The van der Waals surface area contributed by atoms with Crippen LogP contribution in [0.3, 0.4) is 0 Å². The van der Waals surface area contributed by atoms with Crippen LogP contribution < -0.4 is 10.3 Å². The molecule has 0 spiro atoms. The summed E-state index contributed by atoms with van der Waals surface area (Å²) in [5, 5.41) is 4.53. The molecule has 1 aromatic carbocycles. The van der Waals surface area contributed by atoms with Crippen LogP contribution in [0.15, 0.2) is 35.3 Å². The molecule has 0 atom stereocenters. The molecule has 0 unspecified atom stereocenters. The SMILES string of the molecule is CCOc1cnn(-c2cccc(Cl)c2)c(=O)c1Cl. The van der Waals surface area contributed by atoms with Crippen molar-refractivity contribution in [3.8, 4) is 11.4 Å². The highest BCUT2D eigenvalue weighted by Gasteiger charge is 2.11. The predicted octanol–water partition coefficient (Wildman–Crippen LogP) is 2.94. The Bertz CT molecular complexity index is 626. The second kappa shape index (κ2) is 5.42. The van der Waals surface area contributed by atoms with Crippen LogP contribution in [-0.4, -0.2) is 16.4 Å². The molecule has 94 valence electrons. The Balaban J connectivity index is 2.54. The monoisotopic (exact) mass is 284 g/mol. The normalized spacial score (nSPS) is 10.4. The van der Waals surface area contributed by atoms with Gasteiger partial charge in [0.2, 0.25) is 0 Å². The first-order valence-corrected chi connectivity index (χ1v) is 6.05. The van der Waals surface area contributed by atoms with Gasteiger partial charge in [-0.2, -0.15) is 9.78 Å². The summed E-state index contributed by atoms with van der Waals surface area (Å²) >= 11 is 11.8. The lowest BCUT2D eigenvalue weighted by Gasteiger charge is -2.08. The van der Waals surface area contributed by atoms with Crippen molar-refractivity contribution in [2.75, 3.05) is 6.61 Å². The van der Waals surface area contributed by atoms with E-state index in [0.717, 1.165) is 0 Å². The fraction of sp³-hybridized carbons (Fsp3) is 0.167. The smallest absolute Gasteiger partial charge is 0.294 e. The number of benzene rings is 1. The molecule has 0 amide bonds. The largest absolute Gasteiger partial charge is 0.490 e. The minimum absolute atomic E-state index is 0.00632. The van der Waals surface area contributed by atoms with Gasteiger partial charge in [0.1, 0.15) is 0 Å². The minimum Gasteiger partial charge on any atom is -0.490 e. The molecule has 2 rings (SSSR count). The molecule has 0 radical (unpaired) electrons. The van der Waals surface area contributed by atoms with Gasteiger partial charge in [-0.15, -0.1) is 0 Å². The lowest BCUT2D eigenvalue weighted by molar-refractivity contribution is 0.337. The van der Waals surface area contributed by atoms with Crippen LogP contribution in [0.1, 0.15) is 6.92 Å². The molecule has 1 heterocycles. The second-order valence-electron chi connectivity index (χ2n) is 3.45. The Hall–Kier alpha value is -1.52. The number of halogens is 2. The number of hydrogen-bond acceptors (Lipinski definition) is 3. The summed E-state index contributed by atoms with van der Waals surface area (Å²) in [7, 11) is 0. The lowest BCUT2D eigenvalue weighted by atomic mass is 10.3. The van der Waals surface area contributed by atoms with E-state index in [1.165, 1.54) is 10.9 Å². The maximum Gasteiger partial charge on any atom is 0.294 e. The quantitative estimate of drug-likeness (QED) is 0.870. The first kappa shape index (κ1) is 12.9. The van der Waals surface area contributed by atoms with Crippen molar-refractivity contribution in [2.24, 2.45) is 0 Å². The van der Waals surface area contributed by atoms with E-state index in [0.29, 0.717) is 17.3 Å². The Morgan fingerprint density at radius 1 is 1.39 bits per heavy atom. The van der Waals surface area contributed by atoms with Crippen molar-refractivity contribution in [2.45, 2.75) is 6.92 Å². The third kappa shape index (κ3) is 2.49. The topological polar surface area (TPSA) is 44.1 Å². The fourth-order valence-corrected chi connectivity index (χ4v) is 1.83. The average molecular weight is 285 g/mol. The molecule has 0 N–H and O–H groups in total. The number of ether oxygens (including phenoxy) is 1. The molecular formula is C12H10Cl2N2O2. The maximum atomic E-state index is 12.0. The molecule has 2 aromatic rings. The zero-order valence-electron chi connectivity index (χ0n) is 9.56. The Kier molecular flexibility index (Phi) is 3.89. The number of hydrogen-bond donors (Lipinski definition) is 0. The van der Waals surface area contributed by atoms with Gasteiger partial charge in [0.15, 0.2) is 10.8 Å². The lowest BCUT2D eigenvalue weighted by Crippen LogP contribution is -2.22. The number of nitrogens with zero attached hydrogens (tertiary/aromatic N) is 2. The van der Waals surface area contributed by atoms with Gasteiger partial charge in [-0.05, 0) is 25.1 Å². The molecule has 1 aromatic heterocycles. The summed E-state index contributed by atoms with van der Waals surface area (Å²) < 4.78 is 6.38. The van der Waals surface area contributed by atoms with Gasteiger partial charge in [0, 0.05) is 5.02 Å². The van der Waals surface area contributed by atoms with Crippen LogP contribution in [0.25, 0.3) is 5.69 Å². The van der Waals surface area contributed by atoms with E-state index < -0.39 is 5.56 Å². The molecular weight excluding hydrogens is 275 g/mol. The molecule has 0 aliphatic rings. The number of rotatable bonds is 3. The average Bonchev–Trinajstić information content (AvgIpc) is 2.35. The van der Waals surface area contributed by atoms with E-state index in [1.807, 2.05) is 0 Å². The van der Waals surface area contributed by atoms with E-state index >= 15 is 0 Å².